The smallest absolute Gasteiger partial charge is 0.0685 e. The highest BCUT2D eigenvalue weighted by atomic mass is 16.5. The Morgan fingerprint density at radius 1 is 1.10 bits per heavy atom. The molecule has 1 aliphatic carbocycles. The quantitative estimate of drug-likeness (QED) is 0.839. The van der Waals surface area contributed by atoms with Gasteiger partial charge in [-0.25, -0.2) is 0 Å². The highest BCUT2D eigenvalue weighted by Crippen LogP contribution is 2.42. The van der Waals surface area contributed by atoms with E-state index >= 15 is 0 Å². The summed E-state index contributed by atoms with van der Waals surface area (Å²) in [5.74, 6) is 0.779. The zero-order chi connectivity index (χ0) is 14.5. The summed E-state index contributed by atoms with van der Waals surface area (Å²) in [4.78, 5) is 0. The van der Waals surface area contributed by atoms with E-state index in [1.165, 1.54) is 64.2 Å². The Morgan fingerprint density at radius 2 is 1.95 bits per heavy atom. The zero-order valence-electron chi connectivity index (χ0n) is 13.7. The third-order valence-electron chi connectivity index (χ3n) is 5.87. The Bertz CT molecular complexity index is 303. The minimum atomic E-state index is 0.228. The summed E-state index contributed by atoms with van der Waals surface area (Å²) >= 11 is 0. The summed E-state index contributed by atoms with van der Waals surface area (Å²) in [6.07, 6.45) is 13.4. The van der Waals surface area contributed by atoms with E-state index in [1.807, 2.05) is 0 Å². The summed E-state index contributed by atoms with van der Waals surface area (Å²) in [5, 5.41) is 3.77. The lowest BCUT2D eigenvalue weighted by molar-refractivity contribution is -0.123. The van der Waals surface area contributed by atoms with Crippen LogP contribution in [0.2, 0.25) is 0 Å². The minimum Gasteiger partial charge on any atom is -0.378 e. The topological polar surface area (TPSA) is 30.5 Å². The molecule has 2 saturated heterocycles. The van der Waals surface area contributed by atoms with E-state index in [-0.39, 0.29) is 5.60 Å². The van der Waals surface area contributed by atoms with E-state index in [0.717, 1.165) is 25.7 Å². The van der Waals surface area contributed by atoms with Crippen molar-refractivity contribution in [2.24, 2.45) is 5.92 Å². The van der Waals surface area contributed by atoms with Crippen LogP contribution in [0.4, 0.5) is 0 Å². The molecule has 0 amide bonds. The van der Waals surface area contributed by atoms with Crippen LogP contribution in [-0.4, -0.2) is 37.5 Å². The fraction of sp³-hybridized carbons (Fsp3) is 1.00. The van der Waals surface area contributed by atoms with Gasteiger partial charge in [0, 0.05) is 19.3 Å². The number of hydrogen-bond donors (Lipinski definition) is 1. The second-order valence-electron chi connectivity index (χ2n) is 7.38. The van der Waals surface area contributed by atoms with Gasteiger partial charge in [0.25, 0.3) is 0 Å². The van der Waals surface area contributed by atoms with Gasteiger partial charge in [-0.2, -0.15) is 0 Å². The number of nitrogens with one attached hydrogen (secondary N) is 1. The molecule has 1 saturated carbocycles. The molecule has 3 aliphatic rings. The van der Waals surface area contributed by atoms with Gasteiger partial charge in [-0.15, -0.1) is 0 Å². The summed E-state index contributed by atoms with van der Waals surface area (Å²) < 4.78 is 12.2. The van der Waals surface area contributed by atoms with Crippen LogP contribution in [0.3, 0.4) is 0 Å². The Morgan fingerprint density at radius 3 is 2.67 bits per heavy atom. The Balaban J connectivity index is 1.60. The summed E-state index contributed by atoms with van der Waals surface area (Å²) in [5.41, 5.74) is 0.228. The molecular formula is C18H33NO2. The first kappa shape index (κ1) is 15.8. The van der Waals surface area contributed by atoms with Crippen LogP contribution in [0.5, 0.6) is 0 Å². The van der Waals surface area contributed by atoms with E-state index in [9.17, 15) is 0 Å². The van der Waals surface area contributed by atoms with Crippen LogP contribution in [0, 0.1) is 5.92 Å². The fourth-order valence-electron chi connectivity index (χ4n) is 4.77. The van der Waals surface area contributed by atoms with Crippen molar-refractivity contribution in [1.29, 1.82) is 0 Å². The number of hydrogen-bond acceptors (Lipinski definition) is 3. The monoisotopic (exact) mass is 295 g/mol. The van der Waals surface area contributed by atoms with Crippen molar-refractivity contribution in [2.75, 3.05) is 19.8 Å². The predicted octanol–water partition coefficient (Wildman–Crippen LogP) is 3.66. The lowest BCUT2D eigenvalue weighted by Gasteiger charge is -2.46. The zero-order valence-corrected chi connectivity index (χ0v) is 13.7. The SMILES string of the molecule is CCNC(CC1CCCO1)C1CCOC2(CCCCC2)C1. The van der Waals surface area contributed by atoms with Crippen LogP contribution < -0.4 is 5.32 Å². The molecule has 1 spiro atoms. The van der Waals surface area contributed by atoms with Crippen molar-refractivity contribution < 1.29 is 9.47 Å². The third-order valence-corrected chi connectivity index (χ3v) is 5.87. The summed E-state index contributed by atoms with van der Waals surface area (Å²) in [6.45, 7) is 5.25. The van der Waals surface area contributed by atoms with E-state index in [0.29, 0.717) is 12.1 Å². The van der Waals surface area contributed by atoms with Crippen molar-refractivity contribution in [1.82, 2.24) is 5.32 Å². The van der Waals surface area contributed by atoms with Gasteiger partial charge < -0.3 is 14.8 Å². The summed E-state index contributed by atoms with van der Waals surface area (Å²) in [7, 11) is 0. The van der Waals surface area contributed by atoms with E-state index in [4.69, 9.17) is 9.47 Å². The lowest BCUT2D eigenvalue weighted by atomic mass is 9.73. The number of rotatable bonds is 5. The van der Waals surface area contributed by atoms with Crippen LogP contribution in [-0.2, 0) is 9.47 Å². The van der Waals surface area contributed by atoms with E-state index in [2.05, 4.69) is 12.2 Å². The Labute approximate surface area is 130 Å². The lowest BCUT2D eigenvalue weighted by Crippen LogP contribution is -2.48. The number of ether oxygens (including phenoxy) is 2. The molecule has 0 radical (unpaired) electrons. The standard InChI is InChI=1S/C18H33NO2/c1-2-19-17(13-16-7-6-11-20-16)15-8-12-21-18(14-15)9-4-3-5-10-18/h15-17,19H,2-14H2,1H3. The van der Waals surface area contributed by atoms with Crippen molar-refractivity contribution in [3.63, 3.8) is 0 Å². The highest BCUT2D eigenvalue weighted by molar-refractivity contribution is 4.94. The van der Waals surface area contributed by atoms with Gasteiger partial charge in [0.15, 0.2) is 0 Å². The van der Waals surface area contributed by atoms with Crippen LogP contribution in [0.15, 0.2) is 0 Å². The molecule has 0 bridgehead atoms. The third kappa shape index (κ3) is 4.00. The van der Waals surface area contributed by atoms with Crippen molar-refractivity contribution in [3.8, 4) is 0 Å². The first-order chi connectivity index (χ1) is 10.3. The Hall–Kier alpha value is -0.120. The molecule has 0 aromatic rings. The molecule has 3 rings (SSSR count). The molecule has 2 aliphatic heterocycles. The molecule has 0 aromatic carbocycles. The van der Waals surface area contributed by atoms with Crippen LogP contribution >= 0.6 is 0 Å². The largest absolute Gasteiger partial charge is 0.378 e. The van der Waals surface area contributed by atoms with Gasteiger partial charge in [0.1, 0.15) is 0 Å². The highest BCUT2D eigenvalue weighted by Gasteiger charge is 2.41. The average Bonchev–Trinajstić information content (AvgIpc) is 3.01. The van der Waals surface area contributed by atoms with E-state index < -0.39 is 0 Å². The van der Waals surface area contributed by atoms with Gasteiger partial charge >= 0.3 is 0 Å². The normalized spacial score (nSPS) is 34.1. The molecule has 1 N–H and O–H groups in total. The second kappa shape index (κ2) is 7.43. The predicted molar refractivity (Wildman–Crippen MR) is 85.5 cm³/mol. The minimum absolute atomic E-state index is 0.228. The van der Waals surface area contributed by atoms with Gasteiger partial charge in [-0.3, -0.25) is 0 Å². The van der Waals surface area contributed by atoms with Gasteiger partial charge in [0.05, 0.1) is 11.7 Å². The maximum absolute atomic E-state index is 6.28. The molecule has 122 valence electrons. The van der Waals surface area contributed by atoms with Crippen molar-refractivity contribution in [3.05, 3.63) is 0 Å². The molecule has 3 heteroatoms. The maximum Gasteiger partial charge on any atom is 0.0685 e. The maximum atomic E-state index is 6.28. The molecule has 3 nitrogen and oxygen atoms in total. The van der Waals surface area contributed by atoms with Gasteiger partial charge in [-0.1, -0.05) is 26.2 Å². The molecule has 21 heavy (non-hydrogen) atoms. The summed E-state index contributed by atoms with van der Waals surface area (Å²) in [6, 6.07) is 0.626. The second-order valence-corrected chi connectivity index (χ2v) is 7.38. The molecule has 0 aromatic heterocycles. The molecule has 3 fully saturated rings. The van der Waals surface area contributed by atoms with E-state index in [1.54, 1.807) is 0 Å². The molecular weight excluding hydrogens is 262 g/mol. The Kier molecular flexibility index (Phi) is 5.58. The molecule has 2 heterocycles. The van der Waals surface area contributed by atoms with Crippen molar-refractivity contribution >= 4 is 0 Å². The molecule has 3 unspecified atom stereocenters. The first-order valence-electron chi connectivity index (χ1n) is 9.30. The van der Waals surface area contributed by atoms with Gasteiger partial charge in [-0.05, 0) is 57.4 Å². The fourth-order valence-corrected chi connectivity index (χ4v) is 4.77. The van der Waals surface area contributed by atoms with Gasteiger partial charge in [0.2, 0.25) is 0 Å². The first-order valence-corrected chi connectivity index (χ1v) is 9.30. The van der Waals surface area contributed by atoms with Crippen molar-refractivity contribution in [2.45, 2.75) is 88.9 Å². The van der Waals surface area contributed by atoms with Crippen LogP contribution in [0.1, 0.15) is 71.1 Å². The van der Waals surface area contributed by atoms with Crippen LogP contribution in [0.25, 0.3) is 0 Å². The average molecular weight is 295 g/mol. The molecule has 3 atom stereocenters.